The van der Waals surface area contributed by atoms with Crippen LogP contribution in [-0.4, -0.2) is 43.7 Å². The molecule has 0 atom stereocenters. The normalized spacial score (nSPS) is 12.4. The number of nitrogens with zero attached hydrogens (tertiary/aromatic N) is 2. The Balaban J connectivity index is 2.78. The van der Waals surface area contributed by atoms with Gasteiger partial charge in [-0.1, -0.05) is 0 Å². The Labute approximate surface area is 135 Å². The van der Waals surface area contributed by atoms with E-state index in [4.69, 9.17) is 13.3 Å². The van der Waals surface area contributed by atoms with Gasteiger partial charge in [0.2, 0.25) is 0 Å². The van der Waals surface area contributed by atoms with E-state index in [0.29, 0.717) is 18.5 Å². The molecular weight excluding hydrogens is 332 g/mol. The molecule has 1 aromatic heterocycles. The van der Waals surface area contributed by atoms with Gasteiger partial charge in [-0.3, -0.25) is 15.1 Å². The fraction of sp³-hybridized carbons (Fsp3) is 0.545. The molecule has 1 aromatic rings. The second kappa shape index (κ2) is 7.56. The van der Waals surface area contributed by atoms with E-state index >= 15 is 0 Å². The molecule has 0 bridgehead atoms. The maximum atomic E-state index is 10.6. The summed E-state index contributed by atoms with van der Waals surface area (Å²) in [4.78, 5) is 14.1. The van der Waals surface area contributed by atoms with Crippen LogP contribution in [0.2, 0.25) is 0 Å². The number of aromatic nitrogens is 1. The zero-order chi connectivity index (χ0) is 16.1. The first-order chi connectivity index (χ1) is 9.81. The van der Waals surface area contributed by atoms with Crippen molar-refractivity contribution in [3.05, 3.63) is 34.1 Å². The summed E-state index contributed by atoms with van der Waals surface area (Å²) in [6.45, 7) is 0. The molecule has 21 heavy (non-hydrogen) atoms. The summed E-state index contributed by atoms with van der Waals surface area (Å²) in [6, 6.07) is 3.01. The Kier molecular flexibility index (Phi) is 6.62. The highest BCUT2D eigenvalue weighted by Gasteiger charge is 2.55. The van der Waals surface area contributed by atoms with Crippen molar-refractivity contribution in [3.8, 4) is 0 Å². The fourth-order valence-corrected chi connectivity index (χ4v) is 5.65. The Morgan fingerprint density at radius 1 is 1.29 bits per heavy atom. The number of nitro groups is 1. The van der Waals surface area contributed by atoms with Crippen LogP contribution in [0.5, 0.6) is 0 Å². The molecule has 0 unspecified atom stereocenters. The summed E-state index contributed by atoms with van der Waals surface area (Å²) >= 11 is 9.01. The van der Waals surface area contributed by atoms with E-state index in [9.17, 15) is 10.1 Å². The van der Waals surface area contributed by atoms with Gasteiger partial charge in [-0.15, -0.1) is 0 Å². The van der Waals surface area contributed by atoms with E-state index in [1.807, 2.05) is 0 Å². The lowest BCUT2D eigenvalue weighted by atomic mass is 10.2. The van der Waals surface area contributed by atoms with Gasteiger partial charge in [0.25, 0.3) is 5.69 Å². The van der Waals surface area contributed by atoms with E-state index in [0.717, 1.165) is 0 Å². The van der Waals surface area contributed by atoms with Crippen LogP contribution in [0.3, 0.4) is 0 Å². The van der Waals surface area contributed by atoms with Gasteiger partial charge in [0, 0.05) is 33.1 Å². The van der Waals surface area contributed by atoms with Gasteiger partial charge in [-0.2, -0.15) is 25.3 Å². The summed E-state index contributed by atoms with van der Waals surface area (Å²) in [7, 11) is 1.44. The molecule has 0 saturated heterocycles. The minimum Gasteiger partial charge on any atom is -0.376 e. The lowest BCUT2D eigenvalue weighted by Crippen LogP contribution is -2.58. The lowest BCUT2D eigenvalue weighted by Gasteiger charge is -2.36. The third kappa shape index (κ3) is 4.17. The van der Waals surface area contributed by atoms with E-state index in [1.54, 1.807) is 6.07 Å². The SMILES string of the molecule is CO[Si](OC)(OC)C(S)(S)CCc1ccc([N+](=O)[O-])cn1. The first-order valence-corrected chi connectivity index (χ1v) is 8.63. The zero-order valence-electron chi connectivity index (χ0n) is 12.0. The molecule has 10 heteroatoms. The van der Waals surface area contributed by atoms with Gasteiger partial charge < -0.3 is 13.3 Å². The average molecular weight is 350 g/mol. The molecule has 0 aliphatic carbocycles. The second-order valence-electron chi connectivity index (χ2n) is 4.25. The lowest BCUT2D eigenvalue weighted by molar-refractivity contribution is -0.385. The number of thiol groups is 2. The number of hydrogen-bond donors (Lipinski definition) is 2. The Morgan fingerprint density at radius 2 is 1.86 bits per heavy atom. The smallest absolute Gasteiger partial charge is 0.376 e. The Bertz CT molecular complexity index is 474. The largest absolute Gasteiger partial charge is 0.527 e. The molecule has 0 amide bonds. The molecule has 0 N–H and O–H groups in total. The van der Waals surface area contributed by atoms with Crippen LogP contribution in [0.25, 0.3) is 0 Å². The van der Waals surface area contributed by atoms with Crippen LogP contribution in [0, 0.1) is 10.1 Å². The minimum absolute atomic E-state index is 0.0452. The van der Waals surface area contributed by atoms with E-state index in [2.05, 4.69) is 30.2 Å². The maximum Gasteiger partial charge on any atom is 0.527 e. The number of pyridine rings is 1. The quantitative estimate of drug-likeness (QED) is 0.245. The van der Waals surface area contributed by atoms with Gasteiger partial charge in [0.1, 0.15) is 9.90 Å². The first-order valence-electron chi connectivity index (χ1n) is 6.01. The van der Waals surface area contributed by atoms with Gasteiger partial charge in [-0.25, -0.2) is 0 Å². The van der Waals surface area contributed by atoms with Crippen LogP contribution >= 0.6 is 25.3 Å². The van der Waals surface area contributed by atoms with Crippen LogP contribution in [0.4, 0.5) is 5.69 Å². The zero-order valence-corrected chi connectivity index (χ0v) is 14.8. The number of rotatable bonds is 8. The van der Waals surface area contributed by atoms with E-state index < -0.39 is 17.4 Å². The van der Waals surface area contributed by atoms with Crippen molar-refractivity contribution in [3.63, 3.8) is 0 Å². The number of aryl methyl sites for hydroxylation is 1. The monoisotopic (exact) mass is 350 g/mol. The second-order valence-corrected chi connectivity index (χ2v) is 10.2. The van der Waals surface area contributed by atoms with Gasteiger partial charge in [0.05, 0.1) is 4.92 Å². The minimum atomic E-state index is -3.04. The highest BCUT2D eigenvalue weighted by molar-refractivity contribution is 8.03. The molecule has 0 aliphatic rings. The van der Waals surface area contributed by atoms with Gasteiger partial charge in [-0.05, 0) is 18.9 Å². The molecular formula is C11H18N2O5S2Si. The van der Waals surface area contributed by atoms with Crippen LogP contribution in [-0.2, 0) is 19.7 Å². The predicted octanol–water partition coefficient (Wildman–Crippen LogP) is 1.90. The van der Waals surface area contributed by atoms with Crippen molar-refractivity contribution in [1.82, 2.24) is 4.98 Å². The first kappa shape index (κ1) is 18.4. The molecule has 0 spiro atoms. The van der Waals surface area contributed by atoms with E-state index in [1.165, 1.54) is 33.6 Å². The summed E-state index contributed by atoms with van der Waals surface area (Å²) in [5.74, 6) is 0. The van der Waals surface area contributed by atoms with Gasteiger partial charge in [0.15, 0.2) is 0 Å². The third-order valence-electron chi connectivity index (χ3n) is 3.05. The molecule has 0 radical (unpaired) electrons. The molecule has 0 aliphatic heterocycles. The number of hydrogen-bond acceptors (Lipinski definition) is 8. The van der Waals surface area contributed by atoms with E-state index in [-0.39, 0.29) is 5.69 Å². The van der Waals surface area contributed by atoms with Crippen molar-refractivity contribution >= 4 is 39.7 Å². The molecule has 0 aromatic carbocycles. The standard InChI is InChI=1S/C11H18N2O5S2Si/c1-16-21(17-2,18-3)11(19,20)7-6-9-4-5-10(8-12-9)13(14)15/h4-5,8,19-20H,6-7H2,1-3H3. The Morgan fingerprint density at radius 3 is 2.24 bits per heavy atom. The highest BCUT2D eigenvalue weighted by atomic mass is 32.2. The van der Waals surface area contributed by atoms with Crippen LogP contribution < -0.4 is 0 Å². The molecule has 1 rings (SSSR count). The summed E-state index contributed by atoms with van der Waals surface area (Å²) in [5, 5.41) is 10.6. The van der Waals surface area contributed by atoms with Crippen LogP contribution in [0.15, 0.2) is 18.3 Å². The van der Waals surface area contributed by atoms with Gasteiger partial charge >= 0.3 is 8.80 Å². The van der Waals surface area contributed by atoms with Crippen molar-refractivity contribution < 1.29 is 18.2 Å². The van der Waals surface area contributed by atoms with Crippen molar-refractivity contribution in [2.45, 2.75) is 16.5 Å². The average Bonchev–Trinajstić information content (AvgIpc) is 2.48. The van der Waals surface area contributed by atoms with Crippen molar-refractivity contribution in [2.75, 3.05) is 21.3 Å². The molecule has 0 saturated carbocycles. The summed E-state index contributed by atoms with van der Waals surface area (Å²) in [5.41, 5.74) is 0.649. The summed E-state index contributed by atoms with van der Waals surface area (Å²) in [6.07, 6.45) is 2.20. The molecule has 118 valence electrons. The maximum absolute atomic E-state index is 10.6. The van der Waals surface area contributed by atoms with Crippen molar-refractivity contribution in [1.29, 1.82) is 0 Å². The molecule has 0 fully saturated rings. The third-order valence-corrected chi connectivity index (χ3v) is 7.98. The van der Waals surface area contributed by atoms with Crippen molar-refractivity contribution in [2.24, 2.45) is 0 Å². The molecule has 7 nitrogen and oxygen atoms in total. The topological polar surface area (TPSA) is 83.7 Å². The highest BCUT2D eigenvalue weighted by Crippen LogP contribution is 2.37. The van der Waals surface area contributed by atoms with Crippen LogP contribution in [0.1, 0.15) is 12.1 Å². The Hall–Kier alpha value is -0.653. The molecule has 1 heterocycles. The fourth-order valence-electron chi connectivity index (χ4n) is 1.87. The summed E-state index contributed by atoms with van der Waals surface area (Å²) < 4.78 is 15.2. The predicted molar refractivity (Wildman–Crippen MR) is 86.7 cm³/mol.